The number of carbonyl (C=O) groups is 2. The molecule has 0 radical (unpaired) electrons. The van der Waals surface area contributed by atoms with Crippen molar-refractivity contribution >= 4 is 17.9 Å². The summed E-state index contributed by atoms with van der Waals surface area (Å²) in [6, 6.07) is 9.42. The maximum Gasteiger partial charge on any atom is 0.271 e. The third kappa shape index (κ3) is 4.85. The van der Waals surface area contributed by atoms with Gasteiger partial charge in [0.05, 0.1) is 6.61 Å². The van der Waals surface area contributed by atoms with Crippen LogP contribution < -0.4 is 4.74 Å². The Balaban J connectivity index is 2.25. The van der Waals surface area contributed by atoms with E-state index < -0.39 is 5.91 Å². The van der Waals surface area contributed by atoms with Gasteiger partial charge < -0.3 is 4.74 Å². The molecular weight excluding hydrogens is 340 g/mol. The molecule has 142 valence electrons. The quantitative estimate of drug-likeness (QED) is 0.392. The van der Waals surface area contributed by atoms with Crippen LogP contribution in [-0.2, 0) is 9.59 Å². The predicted molar refractivity (Wildman–Crippen MR) is 105 cm³/mol. The van der Waals surface area contributed by atoms with Crippen molar-refractivity contribution in [2.45, 2.75) is 46.5 Å². The van der Waals surface area contributed by atoms with E-state index in [0.29, 0.717) is 30.7 Å². The van der Waals surface area contributed by atoms with E-state index in [1.807, 2.05) is 37.3 Å². The average molecular weight is 366 g/mol. The van der Waals surface area contributed by atoms with Crippen molar-refractivity contribution in [1.29, 1.82) is 5.26 Å². The molecule has 2 amide bonds. The number of imide groups is 1. The molecule has 5 heteroatoms. The Kier molecular flexibility index (Phi) is 7.36. The summed E-state index contributed by atoms with van der Waals surface area (Å²) in [5.41, 5.74) is 1.67. The molecule has 2 rings (SSSR count). The van der Waals surface area contributed by atoms with Gasteiger partial charge in [-0.1, -0.05) is 38.8 Å². The van der Waals surface area contributed by atoms with Gasteiger partial charge in [-0.2, -0.15) is 5.26 Å². The highest BCUT2D eigenvalue weighted by molar-refractivity contribution is 6.19. The minimum atomic E-state index is -0.505. The molecule has 1 heterocycles. The number of rotatable bonds is 8. The second-order valence-corrected chi connectivity index (χ2v) is 6.56. The van der Waals surface area contributed by atoms with Crippen LogP contribution in [0, 0.1) is 11.3 Å². The molecule has 0 aliphatic carbocycles. The highest BCUT2D eigenvalue weighted by Crippen LogP contribution is 2.27. The molecule has 0 spiro atoms. The van der Waals surface area contributed by atoms with Crippen LogP contribution in [0.2, 0.25) is 0 Å². The number of amides is 2. The molecule has 0 bridgehead atoms. The van der Waals surface area contributed by atoms with Crippen molar-refractivity contribution < 1.29 is 14.3 Å². The van der Waals surface area contributed by atoms with Crippen LogP contribution in [0.5, 0.6) is 5.75 Å². The summed E-state index contributed by atoms with van der Waals surface area (Å²) < 4.78 is 5.70. The van der Waals surface area contributed by atoms with Gasteiger partial charge in [0.15, 0.2) is 0 Å². The first-order valence-electron chi connectivity index (χ1n) is 9.45. The normalized spacial score (nSPS) is 16.1. The van der Waals surface area contributed by atoms with Crippen LogP contribution in [0.25, 0.3) is 6.08 Å². The summed E-state index contributed by atoms with van der Waals surface area (Å²) in [5, 5.41) is 9.33. The number of carbonyl (C=O) groups excluding carboxylic acids is 2. The van der Waals surface area contributed by atoms with Crippen LogP contribution in [0.1, 0.15) is 52.0 Å². The highest BCUT2D eigenvalue weighted by Gasteiger charge is 2.34. The van der Waals surface area contributed by atoms with Crippen LogP contribution in [0.15, 0.2) is 41.0 Å². The van der Waals surface area contributed by atoms with Gasteiger partial charge in [-0.15, -0.1) is 0 Å². The Morgan fingerprint density at radius 2 is 1.78 bits per heavy atom. The molecule has 0 saturated carbocycles. The molecule has 27 heavy (non-hydrogen) atoms. The van der Waals surface area contributed by atoms with E-state index in [4.69, 9.17) is 4.74 Å². The average Bonchev–Trinajstić information content (AvgIpc) is 2.67. The molecule has 0 N–H and O–H groups in total. The van der Waals surface area contributed by atoms with Crippen molar-refractivity contribution in [3.05, 3.63) is 46.5 Å². The minimum absolute atomic E-state index is 0.0326. The predicted octanol–water partition coefficient (Wildman–Crippen LogP) is 4.26. The second kappa shape index (κ2) is 9.72. The summed E-state index contributed by atoms with van der Waals surface area (Å²) in [4.78, 5) is 26.2. The summed E-state index contributed by atoms with van der Waals surface area (Å²) in [7, 11) is 0. The lowest BCUT2D eigenvalue weighted by molar-refractivity contribution is -0.140. The molecule has 0 saturated heterocycles. The molecule has 1 aromatic carbocycles. The van der Waals surface area contributed by atoms with E-state index >= 15 is 0 Å². The van der Waals surface area contributed by atoms with Gasteiger partial charge in [0.1, 0.15) is 17.4 Å². The van der Waals surface area contributed by atoms with Gasteiger partial charge in [0.2, 0.25) is 0 Å². The molecule has 0 aromatic heterocycles. The van der Waals surface area contributed by atoms with Crippen LogP contribution >= 0.6 is 0 Å². The molecule has 1 aliphatic rings. The van der Waals surface area contributed by atoms with Gasteiger partial charge in [-0.3, -0.25) is 14.5 Å². The number of benzene rings is 1. The molecule has 0 atom stereocenters. The van der Waals surface area contributed by atoms with Gasteiger partial charge >= 0.3 is 0 Å². The van der Waals surface area contributed by atoms with Crippen LogP contribution in [0.3, 0.4) is 0 Å². The van der Waals surface area contributed by atoms with E-state index in [-0.39, 0.29) is 11.5 Å². The fraction of sp³-hybridized carbons (Fsp3) is 0.409. The van der Waals surface area contributed by atoms with Crippen molar-refractivity contribution in [3.63, 3.8) is 0 Å². The summed E-state index contributed by atoms with van der Waals surface area (Å²) in [6.07, 6.45) is 5.70. The van der Waals surface area contributed by atoms with Crippen LogP contribution in [-0.4, -0.2) is 29.9 Å². The topological polar surface area (TPSA) is 70.4 Å². The summed E-state index contributed by atoms with van der Waals surface area (Å²) in [6.45, 7) is 6.68. The Bertz CT molecular complexity index is 798. The van der Waals surface area contributed by atoms with Gasteiger partial charge in [0, 0.05) is 12.1 Å². The van der Waals surface area contributed by atoms with Crippen molar-refractivity contribution in [2.24, 2.45) is 0 Å². The number of ether oxygens (including phenoxy) is 1. The lowest BCUT2D eigenvalue weighted by Gasteiger charge is -2.27. The lowest BCUT2D eigenvalue weighted by atomic mass is 9.93. The first-order valence-corrected chi connectivity index (χ1v) is 9.45. The third-order valence-corrected chi connectivity index (χ3v) is 4.48. The lowest BCUT2D eigenvalue weighted by Crippen LogP contribution is -2.43. The summed E-state index contributed by atoms with van der Waals surface area (Å²) in [5.74, 6) is -0.0657. The fourth-order valence-electron chi connectivity index (χ4n) is 2.93. The largest absolute Gasteiger partial charge is 0.494 e. The SMILES string of the molecule is CCCCCOc1ccc(/C=C2/C(=O)N(CCC)C(=O)C(C#N)=C2C)cc1. The first-order chi connectivity index (χ1) is 13.0. The number of hydrogen-bond acceptors (Lipinski definition) is 4. The van der Waals surface area contributed by atoms with Crippen molar-refractivity contribution in [1.82, 2.24) is 4.90 Å². The molecular formula is C22H26N2O3. The van der Waals surface area contributed by atoms with E-state index in [2.05, 4.69) is 6.92 Å². The second-order valence-electron chi connectivity index (χ2n) is 6.56. The first kappa shape index (κ1) is 20.4. The zero-order valence-electron chi connectivity index (χ0n) is 16.2. The number of nitrogens with zero attached hydrogens (tertiary/aromatic N) is 2. The Morgan fingerprint density at radius 1 is 1.07 bits per heavy atom. The third-order valence-electron chi connectivity index (χ3n) is 4.48. The zero-order valence-corrected chi connectivity index (χ0v) is 16.2. The molecule has 0 fully saturated rings. The molecule has 1 aromatic rings. The maximum absolute atomic E-state index is 12.7. The van der Waals surface area contributed by atoms with E-state index in [1.165, 1.54) is 0 Å². The summed E-state index contributed by atoms with van der Waals surface area (Å²) >= 11 is 0. The molecule has 5 nitrogen and oxygen atoms in total. The van der Waals surface area contributed by atoms with E-state index in [0.717, 1.165) is 35.5 Å². The monoisotopic (exact) mass is 366 g/mol. The maximum atomic E-state index is 12.7. The molecule has 0 unspecified atom stereocenters. The number of unbranched alkanes of at least 4 members (excludes halogenated alkanes) is 2. The Morgan fingerprint density at radius 3 is 2.37 bits per heavy atom. The molecule has 1 aliphatic heterocycles. The van der Waals surface area contributed by atoms with Crippen molar-refractivity contribution in [2.75, 3.05) is 13.2 Å². The zero-order chi connectivity index (χ0) is 19.8. The van der Waals surface area contributed by atoms with E-state index in [9.17, 15) is 14.9 Å². The van der Waals surface area contributed by atoms with Crippen molar-refractivity contribution in [3.8, 4) is 11.8 Å². The van der Waals surface area contributed by atoms with Crippen LogP contribution in [0.4, 0.5) is 0 Å². The van der Waals surface area contributed by atoms with Gasteiger partial charge in [-0.25, -0.2) is 0 Å². The number of nitriles is 1. The highest BCUT2D eigenvalue weighted by atomic mass is 16.5. The van der Waals surface area contributed by atoms with Gasteiger partial charge in [-0.05, 0) is 49.1 Å². The van der Waals surface area contributed by atoms with Gasteiger partial charge in [0.25, 0.3) is 11.8 Å². The number of hydrogen-bond donors (Lipinski definition) is 0. The standard InChI is InChI=1S/C22H26N2O3/c1-4-6-7-13-27-18-10-8-17(9-11-18)14-19-16(3)20(15-23)22(26)24(12-5-2)21(19)25/h8-11,14H,4-7,12-13H2,1-3H3/b19-14+. The van der Waals surface area contributed by atoms with E-state index in [1.54, 1.807) is 13.0 Å². The minimum Gasteiger partial charge on any atom is -0.494 e. The Hall–Kier alpha value is -2.87. The Labute approximate surface area is 160 Å². The smallest absolute Gasteiger partial charge is 0.271 e. The fourth-order valence-corrected chi connectivity index (χ4v) is 2.93.